The van der Waals surface area contributed by atoms with Crippen LogP contribution in [0.4, 0.5) is 0 Å². The van der Waals surface area contributed by atoms with Crippen molar-refractivity contribution in [3.8, 4) is 0 Å². The molecular formula is C49H48O12S2. The number of carbonyl (C=O) groups is 3. The van der Waals surface area contributed by atoms with Crippen LogP contribution in [-0.2, 0) is 42.6 Å². The van der Waals surface area contributed by atoms with Crippen molar-refractivity contribution >= 4 is 41.4 Å². The molecule has 5 aromatic rings. The lowest BCUT2D eigenvalue weighted by Crippen LogP contribution is -2.65. The van der Waals surface area contributed by atoms with Crippen LogP contribution in [-0.4, -0.2) is 104 Å². The van der Waals surface area contributed by atoms with Gasteiger partial charge >= 0.3 is 17.9 Å². The highest BCUT2D eigenvalue weighted by Gasteiger charge is 2.59. The number of esters is 3. The molecule has 63 heavy (non-hydrogen) atoms. The van der Waals surface area contributed by atoms with Gasteiger partial charge in [-0.2, -0.15) is 0 Å². The lowest BCUT2D eigenvalue weighted by Gasteiger charge is -2.47. The third-order valence-electron chi connectivity index (χ3n) is 10.6. The van der Waals surface area contributed by atoms with Gasteiger partial charge in [-0.3, -0.25) is 0 Å². The lowest BCUT2D eigenvalue weighted by atomic mass is 9.97. The fraction of sp³-hybridized carbons (Fsp3) is 0.327. The molecule has 14 heteroatoms. The van der Waals surface area contributed by atoms with Crippen LogP contribution in [0.25, 0.3) is 0 Å². The number of thioether (sulfide) groups is 2. The van der Waals surface area contributed by atoms with E-state index in [0.29, 0.717) is 5.75 Å². The minimum absolute atomic E-state index is 0.196. The molecule has 0 spiro atoms. The summed E-state index contributed by atoms with van der Waals surface area (Å²) < 4.78 is 58.4. The summed E-state index contributed by atoms with van der Waals surface area (Å²) in [5.41, 5.74) is 0.692. The van der Waals surface area contributed by atoms with Crippen molar-refractivity contribution in [3.05, 3.63) is 168 Å². The lowest BCUT2D eigenvalue weighted by molar-refractivity contribution is -0.348. The summed E-state index contributed by atoms with van der Waals surface area (Å²) in [4.78, 5) is 44.2. The van der Waals surface area contributed by atoms with Crippen LogP contribution in [0, 0.1) is 0 Å². The van der Waals surface area contributed by atoms with Gasteiger partial charge in [-0.05, 0) is 74.5 Å². The highest BCUT2D eigenvalue weighted by molar-refractivity contribution is 7.99. The molecule has 0 bridgehead atoms. The number of rotatable bonds is 15. The summed E-state index contributed by atoms with van der Waals surface area (Å²) in [6, 6.07) is 44.7. The van der Waals surface area contributed by atoms with E-state index in [0.717, 1.165) is 9.79 Å². The van der Waals surface area contributed by atoms with Gasteiger partial charge in [-0.1, -0.05) is 91.0 Å². The molecule has 3 saturated heterocycles. The molecule has 328 valence electrons. The van der Waals surface area contributed by atoms with E-state index in [-0.39, 0.29) is 22.4 Å². The molecule has 3 fully saturated rings. The van der Waals surface area contributed by atoms with E-state index in [9.17, 15) is 14.4 Å². The Morgan fingerprint density at radius 3 is 1.37 bits per heavy atom. The molecule has 3 heterocycles. The van der Waals surface area contributed by atoms with Crippen LogP contribution in [0.15, 0.2) is 161 Å². The Bertz CT molecular complexity index is 2250. The first kappa shape index (κ1) is 44.6. The average molecular weight is 893 g/mol. The smallest absolute Gasteiger partial charge is 0.338 e. The van der Waals surface area contributed by atoms with Crippen LogP contribution >= 0.6 is 23.5 Å². The minimum atomic E-state index is -1.52. The molecule has 0 aliphatic carbocycles. The number of ether oxygens (including phenoxy) is 9. The first-order chi connectivity index (χ1) is 30.7. The Kier molecular flexibility index (Phi) is 14.6. The van der Waals surface area contributed by atoms with Crippen molar-refractivity contribution < 1.29 is 57.0 Å². The van der Waals surface area contributed by atoms with Crippen molar-refractivity contribution in [3.63, 3.8) is 0 Å². The quantitative estimate of drug-likeness (QED) is 0.0567. The van der Waals surface area contributed by atoms with Gasteiger partial charge in [0.2, 0.25) is 0 Å². The summed E-state index contributed by atoms with van der Waals surface area (Å²) in [5, 5.41) is 0. The molecule has 8 rings (SSSR count). The zero-order chi connectivity index (χ0) is 43.8. The second-order valence-corrected chi connectivity index (χ2v) is 17.6. The normalized spacial score (nSPS) is 27.4. The Morgan fingerprint density at radius 2 is 0.889 bits per heavy atom. The molecule has 5 aromatic carbocycles. The number of fused-ring (bicyclic) bond motifs is 1. The molecule has 0 amide bonds. The molecule has 0 N–H and O–H groups in total. The summed E-state index contributed by atoms with van der Waals surface area (Å²) in [6.07, 6.45) is -10.7. The maximum Gasteiger partial charge on any atom is 0.338 e. The molecule has 3 aliphatic rings. The van der Waals surface area contributed by atoms with Crippen LogP contribution in [0.2, 0.25) is 0 Å². The fourth-order valence-corrected chi connectivity index (χ4v) is 9.62. The molecule has 0 aromatic heterocycles. The molecule has 10 atom stereocenters. The van der Waals surface area contributed by atoms with E-state index in [2.05, 4.69) is 0 Å². The van der Waals surface area contributed by atoms with Gasteiger partial charge in [0.15, 0.2) is 36.7 Å². The standard InChI is InChI=1S/C49H48O12S2/c1-49(2)60-39-37(30-63-35-27-17-8-18-28-35)54-47(53-3)43(41(39)61-49)59-48-42(58-46(52)33-23-13-6-14-24-33)40(57-45(51)32-21-11-5-12-22-32)38(56-44(50)31-19-9-4-10-20-31)36(55-48)29-62-34-25-15-7-16-26-34/h4-28,36-43,47-48H,29-30H2,1-3H3/t36-,37-,38+,39+,40+,41+,42-,43-,47-,48+/m1/s1. The van der Waals surface area contributed by atoms with Crippen molar-refractivity contribution in [2.45, 2.75) is 90.8 Å². The largest absolute Gasteiger partial charge is 0.452 e. The Hall–Kier alpha value is -5.03. The number of carbonyl (C=O) groups excluding carboxylic acids is 3. The third kappa shape index (κ3) is 11.0. The summed E-state index contributed by atoms with van der Waals surface area (Å²) in [6.45, 7) is 3.63. The number of hydrogen-bond acceptors (Lipinski definition) is 14. The predicted molar refractivity (Wildman–Crippen MR) is 234 cm³/mol. The van der Waals surface area contributed by atoms with E-state index in [1.807, 2.05) is 74.5 Å². The SMILES string of the molecule is CO[C@@H]1O[C@H](CSc2ccccc2)[C@@H]2OC(C)(C)O[C@@H]2[C@H]1O[C@@H]1O[C@H](CSc2ccccc2)[C@H](OC(=O)c2ccccc2)[C@H](OC(=O)c2ccccc2)[C@H]1OC(=O)c1ccccc1. The van der Waals surface area contributed by atoms with E-state index in [4.69, 9.17) is 42.6 Å². The van der Waals surface area contributed by atoms with Gasteiger partial charge in [-0.25, -0.2) is 14.4 Å². The van der Waals surface area contributed by atoms with Gasteiger partial charge in [-0.15, -0.1) is 23.5 Å². The van der Waals surface area contributed by atoms with Gasteiger partial charge in [0, 0.05) is 28.4 Å². The first-order valence-corrected chi connectivity index (χ1v) is 22.6. The van der Waals surface area contributed by atoms with Crippen molar-refractivity contribution in [1.29, 1.82) is 0 Å². The molecule has 3 aliphatic heterocycles. The number of hydrogen-bond donors (Lipinski definition) is 0. The molecule has 0 unspecified atom stereocenters. The summed E-state index contributed by atoms with van der Waals surface area (Å²) in [7, 11) is 1.50. The zero-order valence-electron chi connectivity index (χ0n) is 34.8. The van der Waals surface area contributed by atoms with Gasteiger partial charge in [0.1, 0.15) is 24.4 Å². The summed E-state index contributed by atoms with van der Waals surface area (Å²) in [5.74, 6) is -2.54. The fourth-order valence-electron chi connectivity index (χ4n) is 7.67. The van der Waals surface area contributed by atoms with Crippen molar-refractivity contribution in [2.75, 3.05) is 18.6 Å². The Balaban J connectivity index is 1.18. The van der Waals surface area contributed by atoms with E-state index in [1.165, 1.54) is 18.9 Å². The van der Waals surface area contributed by atoms with Crippen LogP contribution in [0.1, 0.15) is 44.9 Å². The maximum atomic E-state index is 14.1. The monoisotopic (exact) mass is 892 g/mol. The van der Waals surface area contributed by atoms with E-state index in [1.54, 1.807) is 103 Å². The number of benzene rings is 5. The average Bonchev–Trinajstić information content (AvgIpc) is 3.66. The molecular weight excluding hydrogens is 845 g/mol. The molecule has 0 radical (unpaired) electrons. The van der Waals surface area contributed by atoms with Crippen molar-refractivity contribution in [2.24, 2.45) is 0 Å². The topological polar surface area (TPSA) is 134 Å². The summed E-state index contributed by atoms with van der Waals surface area (Å²) >= 11 is 3.05. The van der Waals surface area contributed by atoms with Gasteiger partial charge in [0.05, 0.1) is 22.8 Å². The van der Waals surface area contributed by atoms with E-state index < -0.39 is 85.1 Å². The minimum Gasteiger partial charge on any atom is -0.452 e. The number of methoxy groups -OCH3 is 1. The van der Waals surface area contributed by atoms with Crippen LogP contribution in [0.3, 0.4) is 0 Å². The third-order valence-corrected chi connectivity index (χ3v) is 12.8. The molecule has 12 nitrogen and oxygen atoms in total. The first-order valence-electron chi connectivity index (χ1n) is 20.6. The van der Waals surface area contributed by atoms with Crippen LogP contribution < -0.4 is 0 Å². The highest BCUT2D eigenvalue weighted by atomic mass is 32.2. The zero-order valence-corrected chi connectivity index (χ0v) is 36.5. The highest BCUT2D eigenvalue weighted by Crippen LogP contribution is 2.42. The maximum absolute atomic E-state index is 14.1. The molecule has 0 saturated carbocycles. The Labute approximate surface area is 374 Å². The van der Waals surface area contributed by atoms with Crippen LogP contribution in [0.5, 0.6) is 0 Å². The van der Waals surface area contributed by atoms with Gasteiger partial charge < -0.3 is 42.6 Å². The predicted octanol–water partition coefficient (Wildman–Crippen LogP) is 8.25. The second-order valence-electron chi connectivity index (χ2n) is 15.4. The Morgan fingerprint density at radius 1 is 0.492 bits per heavy atom. The van der Waals surface area contributed by atoms with Gasteiger partial charge in [0.25, 0.3) is 0 Å². The van der Waals surface area contributed by atoms with E-state index >= 15 is 0 Å². The second kappa shape index (κ2) is 20.6. The van der Waals surface area contributed by atoms with Crippen molar-refractivity contribution in [1.82, 2.24) is 0 Å².